The van der Waals surface area contributed by atoms with Gasteiger partial charge in [0.15, 0.2) is 0 Å². The molecule has 0 N–H and O–H groups in total. The molecule has 5 nitrogen and oxygen atoms in total. The van der Waals surface area contributed by atoms with Crippen LogP contribution in [0.1, 0.15) is 0 Å². The summed E-state index contributed by atoms with van der Waals surface area (Å²) in [6.45, 7) is 0. The predicted molar refractivity (Wildman–Crippen MR) is 14.4 cm³/mol. The third-order valence-electron chi connectivity index (χ3n) is 0.0667. The van der Waals surface area contributed by atoms with Crippen molar-refractivity contribution in [2.75, 3.05) is 0 Å². The third-order valence-corrected chi connectivity index (χ3v) is 0.0667. The quantitative estimate of drug-likeness (QED) is 0.197. The molecule has 0 aromatic carbocycles. The van der Waals surface area contributed by atoms with Crippen LogP contribution in [0.4, 0.5) is 0 Å². The molecule has 0 atom stereocenters. The van der Waals surface area contributed by atoms with Gasteiger partial charge in [0.1, 0.15) is 0 Å². The van der Waals surface area contributed by atoms with Gasteiger partial charge >= 0.3 is 59.1 Å². The standard InChI is InChI=1S/N2O3.2Na/c3-1-2(4)5;;/q-2;2*+1. The summed E-state index contributed by atoms with van der Waals surface area (Å²) in [6.07, 6.45) is 0. The molecule has 0 saturated carbocycles. The van der Waals surface area contributed by atoms with E-state index in [0.717, 1.165) is 0 Å². The first-order chi connectivity index (χ1) is 2.27. The molecule has 0 radical (unpaired) electrons. The number of nitroso groups, excluding NO2 is 1. The van der Waals surface area contributed by atoms with Crippen molar-refractivity contribution < 1.29 is 59.1 Å². The van der Waals surface area contributed by atoms with Gasteiger partial charge in [-0.15, -0.1) is 4.91 Å². The summed E-state index contributed by atoms with van der Waals surface area (Å²) < 4.78 is 0. The number of hydrogen-bond donors (Lipinski definition) is 0. The molecule has 7 heavy (non-hydrogen) atoms. The molecule has 0 aliphatic rings. The van der Waals surface area contributed by atoms with Crippen molar-refractivity contribution in [1.82, 2.24) is 5.34 Å². The summed E-state index contributed by atoms with van der Waals surface area (Å²) in [7, 11) is 0. The zero-order valence-electron chi connectivity index (χ0n) is 4.12. The van der Waals surface area contributed by atoms with Gasteiger partial charge in [0.25, 0.3) is 0 Å². The van der Waals surface area contributed by atoms with E-state index in [1.165, 1.54) is 5.29 Å². The fraction of sp³-hybridized carbons (Fsp3) is 0. The van der Waals surface area contributed by atoms with Gasteiger partial charge in [-0.1, -0.05) is 0 Å². The van der Waals surface area contributed by atoms with E-state index in [9.17, 15) is 0 Å². The maximum atomic E-state index is 8.69. The second-order valence-electron chi connectivity index (χ2n) is 0.319. The molecule has 7 heteroatoms. The molecular weight excluding hydrogens is 122 g/mol. The summed E-state index contributed by atoms with van der Waals surface area (Å²) in [5.74, 6) is 0. The Morgan fingerprint density at radius 2 is 1.43 bits per heavy atom. The first kappa shape index (κ1) is 15.8. The van der Waals surface area contributed by atoms with Crippen LogP contribution in [0, 0.1) is 15.3 Å². The number of nitrogens with zero attached hydrogens (tertiary/aromatic N) is 2. The molecule has 0 aromatic rings. The molecule has 0 fully saturated rings. The number of hydrogen-bond acceptors (Lipinski definition) is 4. The van der Waals surface area contributed by atoms with Crippen molar-refractivity contribution in [3.8, 4) is 0 Å². The minimum absolute atomic E-state index is 0. The van der Waals surface area contributed by atoms with Gasteiger partial charge in [-0.25, -0.2) is 0 Å². The van der Waals surface area contributed by atoms with Gasteiger partial charge < -0.3 is 15.8 Å². The molecule has 0 aromatic heterocycles. The minimum Gasteiger partial charge on any atom is -0.750 e. The van der Waals surface area contributed by atoms with Crippen LogP contribution in [0.25, 0.3) is 0 Å². The van der Waals surface area contributed by atoms with Gasteiger partial charge in [-0.3, -0.25) is 0 Å². The van der Waals surface area contributed by atoms with Gasteiger partial charge in [0.2, 0.25) is 0 Å². The van der Waals surface area contributed by atoms with Crippen LogP contribution in [-0.4, -0.2) is 5.34 Å². The van der Waals surface area contributed by atoms with Crippen LogP contribution in [0.15, 0.2) is 5.29 Å². The average Bonchev–Trinajstić information content (AvgIpc) is 1.38. The normalized spacial score (nSPS) is 4.86. The minimum atomic E-state index is -1.31. The third kappa shape index (κ3) is 18.8. The van der Waals surface area contributed by atoms with Gasteiger partial charge in [-0.2, -0.15) is 0 Å². The molecule has 0 rings (SSSR count). The average molecular weight is 122 g/mol. The van der Waals surface area contributed by atoms with Crippen molar-refractivity contribution in [2.45, 2.75) is 0 Å². The van der Waals surface area contributed by atoms with Gasteiger partial charge in [0.05, 0.1) is 0 Å². The van der Waals surface area contributed by atoms with Crippen LogP contribution < -0.4 is 59.1 Å². The monoisotopic (exact) mass is 122 g/mol. The molecular formula is N2Na2O3. The van der Waals surface area contributed by atoms with Crippen LogP contribution in [0.3, 0.4) is 0 Å². The van der Waals surface area contributed by atoms with Gasteiger partial charge in [0, 0.05) is 5.29 Å². The van der Waals surface area contributed by atoms with Crippen molar-refractivity contribution in [3.63, 3.8) is 0 Å². The smallest absolute Gasteiger partial charge is 0.750 e. The zero-order chi connectivity index (χ0) is 4.28. The van der Waals surface area contributed by atoms with Crippen molar-refractivity contribution in [1.29, 1.82) is 0 Å². The molecule has 0 unspecified atom stereocenters. The Kier molecular flexibility index (Phi) is 23.2. The van der Waals surface area contributed by atoms with Crippen LogP contribution in [0.5, 0.6) is 0 Å². The second-order valence-corrected chi connectivity index (χ2v) is 0.319. The van der Waals surface area contributed by atoms with Crippen LogP contribution in [-0.2, 0) is 0 Å². The maximum Gasteiger partial charge on any atom is 1.00 e. The number of rotatable bonds is 1. The van der Waals surface area contributed by atoms with E-state index in [2.05, 4.69) is 0 Å². The molecule has 0 aliphatic heterocycles. The fourth-order valence-electron chi connectivity index (χ4n) is 0. The zero-order valence-corrected chi connectivity index (χ0v) is 8.12. The molecule has 0 saturated heterocycles. The van der Waals surface area contributed by atoms with E-state index in [1.54, 1.807) is 0 Å². The fourth-order valence-corrected chi connectivity index (χ4v) is 0. The van der Waals surface area contributed by atoms with E-state index in [-0.39, 0.29) is 59.1 Å². The molecule has 30 valence electrons. The summed E-state index contributed by atoms with van der Waals surface area (Å²) >= 11 is 0. The SMILES string of the molecule is O=NN([O-])[O-].[Na+].[Na+]. The molecule has 0 spiro atoms. The summed E-state index contributed by atoms with van der Waals surface area (Å²) in [6, 6.07) is 0. The molecule has 0 amide bonds. The van der Waals surface area contributed by atoms with Crippen molar-refractivity contribution in [2.24, 2.45) is 5.29 Å². The predicted octanol–water partition coefficient (Wildman–Crippen LogP) is -6.03. The van der Waals surface area contributed by atoms with Crippen molar-refractivity contribution in [3.05, 3.63) is 15.3 Å². The maximum absolute atomic E-state index is 8.69. The molecule has 0 aliphatic carbocycles. The van der Waals surface area contributed by atoms with E-state index >= 15 is 0 Å². The van der Waals surface area contributed by atoms with E-state index in [4.69, 9.17) is 15.3 Å². The Bertz CT molecular complexity index is 37.9. The summed E-state index contributed by atoms with van der Waals surface area (Å²) in [4.78, 5) is 8.56. The second kappa shape index (κ2) is 10.3. The van der Waals surface area contributed by atoms with Crippen LogP contribution >= 0.6 is 0 Å². The Morgan fingerprint density at radius 1 is 1.29 bits per heavy atom. The molecule has 0 heterocycles. The topological polar surface area (TPSA) is 78.8 Å². The van der Waals surface area contributed by atoms with Gasteiger partial charge in [-0.05, 0) is 0 Å². The summed E-state index contributed by atoms with van der Waals surface area (Å²) in [5.41, 5.74) is 0. The first-order valence-corrected chi connectivity index (χ1v) is 0.748. The van der Waals surface area contributed by atoms with E-state index in [1.807, 2.05) is 0 Å². The largest absolute Gasteiger partial charge is 1.00 e. The van der Waals surface area contributed by atoms with Crippen LogP contribution in [0.2, 0.25) is 0 Å². The van der Waals surface area contributed by atoms with E-state index < -0.39 is 5.34 Å². The molecule has 0 bridgehead atoms. The Balaban J connectivity index is -0.0000000800. The summed E-state index contributed by atoms with van der Waals surface area (Å²) in [5, 5.41) is 17.4. The van der Waals surface area contributed by atoms with E-state index in [0.29, 0.717) is 0 Å². The Hall–Kier alpha value is 1.32. The Morgan fingerprint density at radius 3 is 1.43 bits per heavy atom. The first-order valence-electron chi connectivity index (χ1n) is 0.748. The Labute approximate surface area is 84.1 Å². The van der Waals surface area contributed by atoms with Crippen molar-refractivity contribution >= 4 is 0 Å².